The zero-order valence-electron chi connectivity index (χ0n) is 19.2. The summed E-state index contributed by atoms with van der Waals surface area (Å²) in [7, 11) is 0. The largest absolute Gasteiger partial charge is 0.488 e. The molecule has 0 saturated heterocycles. The van der Waals surface area contributed by atoms with Crippen LogP contribution in [-0.2, 0) is 24.2 Å². The van der Waals surface area contributed by atoms with Crippen LogP contribution in [0.4, 0.5) is 0 Å². The van der Waals surface area contributed by atoms with Crippen LogP contribution in [0.25, 0.3) is 0 Å². The van der Waals surface area contributed by atoms with Gasteiger partial charge in [-0.3, -0.25) is 4.79 Å². The van der Waals surface area contributed by atoms with E-state index < -0.39 is 5.97 Å². The van der Waals surface area contributed by atoms with Gasteiger partial charge >= 0.3 is 5.97 Å². The first kappa shape index (κ1) is 21.7. The van der Waals surface area contributed by atoms with Crippen LogP contribution >= 0.6 is 0 Å². The third kappa shape index (κ3) is 4.73. The van der Waals surface area contributed by atoms with E-state index in [1.54, 1.807) is 0 Å². The zero-order valence-corrected chi connectivity index (χ0v) is 19.2. The molecular formula is C27H34O4. The SMILES string of the molecule is Cc1c(CCC(=O)O)ccc(OCc2cc(C3CCCC3)cc3c2OC(C)(C)C3)c1C. The molecule has 0 aromatic heterocycles. The van der Waals surface area contributed by atoms with E-state index in [1.807, 2.05) is 26.0 Å². The van der Waals surface area contributed by atoms with Crippen LogP contribution in [0.5, 0.6) is 11.5 Å². The molecule has 0 unspecified atom stereocenters. The lowest BCUT2D eigenvalue weighted by Gasteiger charge is -2.20. The lowest BCUT2D eigenvalue weighted by atomic mass is 9.91. The highest BCUT2D eigenvalue weighted by molar-refractivity contribution is 5.67. The fourth-order valence-electron chi connectivity index (χ4n) is 5.09. The molecule has 0 atom stereocenters. The topological polar surface area (TPSA) is 55.8 Å². The van der Waals surface area contributed by atoms with Gasteiger partial charge in [0.15, 0.2) is 0 Å². The fourth-order valence-corrected chi connectivity index (χ4v) is 5.09. The maximum atomic E-state index is 10.9. The molecular weight excluding hydrogens is 388 g/mol. The van der Waals surface area contributed by atoms with Crippen LogP contribution in [0, 0.1) is 13.8 Å². The molecule has 0 amide bonds. The van der Waals surface area contributed by atoms with E-state index in [9.17, 15) is 4.79 Å². The van der Waals surface area contributed by atoms with E-state index in [0.29, 0.717) is 18.9 Å². The van der Waals surface area contributed by atoms with Gasteiger partial charge in [-0.05, 0) is 92.8 Å². The van der Waals surface area contributed by atoms with Gasteiger partial charge in [0.05, 0.1) is 0 Å². The smallest absolute Gasteiger partial charge is 0.303 e. The first-order chi connectivity index (χ1) is 14.7. The second kappa shape index (κ2) is 8.57. The van der Waals surface area contributed by atoms with E-state index in [4.69, 9.17) is 14.6 Å². The summed E-state index contributed by atoms with van der Waals surface area (Å²) in [6.07, 6.45) is 6.82. The van der Waals surface area contributed by atoms with Crippen LogP contribution in [0.15, 0.2) is 24.3 Å². The first-order valence-electron chi connectivity index (χ1n) is 11.5. The van der Waals surface area contributed by atoms with E-state index in [2.05, 4.69) is 26.0 Å². The Morgan fingerprint density at radius 1 is 1.13 bits per heavy atom. The number of aliphatic carboxylic acids is 1. The van der Waals surface area contributed by atoms with Crippen molar-refractivity contribution < 1.29 is 19.4 Å². The molecule has 1 N–H and O–H groups in total. The third-order valence-corrected chi connectivity index (χ3v) is 6.93. The Kier molecular flexibility index (Phi) is 6.00. The summed E-state index contributed by atoms with van der Waals surface area (Å²) in [4.78, 5) is 10.9. The summed E-state index contributed by atoms with van der Waals surface area (Å²) in [6.45, 7) is 8.87. The van der Waals surface area contributed by atoms with E-state index in [0.717, 1.165) is 40.2 Å². The third-order valence-electron chi connectivity index (χ3n) is 6.93. The molecule has 0 bridgehead atoms. The second-order valence-electron chi connectivity index (χ2n) is 9.84. The van der Waals surface area contributed by atoms with E-state index in [-0.39, 0.29) is 12.0 Å². The summed E-state index contributed by atoms with van der Waals surface area (Å²) in [5.41, 5.74) is 6.97. The number of fused-ring (bicyclic) bond motifs is 1. The highest BCUT2D eigenvalue weighted by atomic mass is 16.5. The lowest BCUT2D eigenvalue weighted by molar-refractivity contribution is -0.136. The molecule has 1 aliphatic heterocycles. The van der Waals surface area contributed by atoms with Crippen molar-refractivity contribution in [1.29, 1.82) is 0 Å². The molecule has 4 rings (SSSR count). The Morgan fingerprint density at radius 2 is 1.87 bits per heavy atom. The number of aryl methyl sites for hydroxylation is 1. The molecule has 2 aromatic carbocycles. The van der Waals surface area contributed by atoms with Crippen molar-refractivity contribution in [2.75, 3.05) is 0 Å². The molecule has 0 spiro atoms. The second-order valence-corrected chi connectivity index (χ2v) is 9.84. The predicted octanol–water partition coefficient (Wildman–Crippen LogP) is 6.27. The molecule has 31 heavy (non-hydrogen) atoms. The number of benzene rings is 2. The molecule has 4 heteroatoms. The Morgan fingerprint density at radius 3 is 2.58 bits per heavy atom. The zero-order chi connectivity index (χ0) is 22.2. The number of carboxylic acid groups (broad SMARTS) is 1. The summed E-state index contributed by atoms with van der Waals surface area (Å²) in [6, 6.07) is 8.65. The minimum absolute atomic E-state index is 0.147. The summed E-state index contributed by atoms with van der Waals surface area (Å²) >= 11 is 0. The molecule has 4 nitrogen and oxygen atoms in total. The predicted molar refractivity (Wildman–Crippen MR) is 122 cm³/mol. The van der Waals surface area contributed by atoms with E-state index >= 15 is 0 Å². The monoisotopic (exact) mass is 422 g/mol. The summed E-state index contributed by atoms with van der Waals surface area (Å²) in [5, 5.41) is 8.98. The van der Waals surface area contributed by atoms with Gasteiger partial charge < -0.3 is 14.6 Å². The highest BCUT2D eigenvalue weighted by Crippen LogP contribution is 2.43. The van der Waals surface area contributed by atoms with Crippen molar-refractivity contribution in [3.05, 3.63) is 57.6 Å². The number of hydrogen-bond acceptors (Lipinski definition) is 3. The Bertz CT molecular complexity index is 983. The normalized spacial score (nSPS) is 17.4. The van der Waals surface area contributed by atoms with Crippen molar-refractivity contribution in [3.8, 4) is 11.5 Å². The quantitative estimate of drug-likeness (QED) is 0.571. The van der Waals surface area contributed by atoms with Gasteiger partial charge in [0.1, 0.15) is 23.7 Å². The summed E-state index contributed by atoms with van der Waals surface area (Å²) < 4.78 is 12.6. The van der Waals surface area contributed by atoms with Crippen molar-refractivity contribution in [1.82, 2.24) is 0 Å². The van der Waals surface area contributed by atoms with Gasteiger partial charge in [0.25, 0.3) is 0 Å². The molecule has 1 saturated carbocycles. The van der Waals surface area contributed by atoms with Gasteiger partial charge in [0.2, 0.25) is 0 Å². The standard InChI is InChI=1S/C27H34O4/c1-17-18(2)24(11-9-19(17)10-12-25(28)29)30-16-23-14-21(20-7-5-6-8-20)13-22-15-27(3,4)31-26(22)23/h9,11,13-14,20H,5-8,10,12,15-16H2,1-4H3,(H,28,29). The van der Waals surface area contributed by atoms with Crippen LogP contribution in [0.1, 0.15) is 85.3 Å². The number of rotatable bonds is 7. The molecule has 1 fully saturated rings. The van der Waals surface area contributed by atoms with Crippen LogP contribution in [-0.4, -0.2) is 16.7 Å². The number of carboxylic acids is 1. The van der Waals surface area contributed by atoms with Crippen molar-refractivity contribution in [2.45, 2.75) is 90.8 Å². The maximum absolute atomic E-state index is 10.9. The van der Waals surface area contributed by atoms with Gasteiger partial charge in [0, 0.05) is 18.4 Å². The Labute approximate surface area is 185 Å². The van der Waals surface area contributed by atoms with Crippen LogP contribution in [0.3, 0.4) is 0 Å². The maximum Gasteiger partial charge on any atom is 0.303 e. The van der Waals surface area contributed by atoms with Crippen molar-refractivity contribution >= 4 is 5.97 Å². The number of hydrogen-bond donors (Lipinski definition) is 1. The summed E-state index contributed by atoms with van der Waals surface area (Å²) in [5.74, 6) is 1.75. The number of carbonyl (C=O) groups is 1. The Balaban J connectivity index is 1.57. The van der Waals surface area contributed by atoms with E-state index in [1.165, 1.54) is 36.8 Å². The molecule has 2 aromatic rings. The van der Waals surface area contributed by atoms with Gasteiger partial charge in [-0.2, -0.15) is 0 Å². The molecule has 166 valence electrons. The van der Waals surface area contributed by atoms with Crippen molar-refractivity contribution in [2.24, 2.45) is 0 Å². The highest BCUT2D eigenvalue weighted by Gasteiger charge is 2.33. The molecule has 1 aliphatic carbocycles. The first-order valence-corrected chi connectivity index (χ1v) is 11.5. The van der Waals surface area contributed by atoms with Gasteiger partial charge in [-0.1, -0.05) is 25.0 Å². The molecule has 0 radical (unpaired) electrons. The lowest BCUT2D eigenvalue weighted by Crippen LogP contribution is -2.25. The molecule has 2 aliphatic rings. The van der Waals surface area contributed by atoms with Crippen molar-refractivity contribution in [3.63, 3.8) is 0 Å². The van der Waals surface area contributed by atoms with Crippen LogP contribution in [0.2, 0.25) is 0 Å². The van der Waals surface area contributed by atoms with Crippen LogP contribution < -0.4 is 9.47 Å². The van der Waals surface area contributed by atoms with Gasteiger partial charge in [-0.25, -0.2) is 0 Å². The minimum atomic E-state index is -0.767. The average molecular weight is 423 g/mol. The fraction of sp³-hybridized carbons (Fsp3) is 0.519. The minimum Gasteiger partial charge on any atom is -0.488 e. The van der Waals surface area contributed by atoms with Gasteiger partial charge in [-0.15, -0.1) is 0 Å². The Hall–Kier alpha value is -2.49. The number of ether oxygens (including phenoxy) is 2. The average Bonchev–Trinajstić information content (AvgIpc) is 3.34. The molecule has 1 heterocycles.